The average molecular weight is 266 g/mol. The summed E-state index contributed by atoms with van der Waals surface area (Å²) < 4.78 is 13.4. The smallest absolute Gasteiger partial charge is 0.338 e. The number of nitro benzene ring substituents is 1. The van der Waals surface area contributed by atoms with Gasteiger partial charge in [-0.15, -0.1) is 0 Å². The number of nitrogens with one attached hydrogen (secondary N) is 1. The molecule has 0 fully saturated rings. The molecule has 0 aromatic heterocycles. The molecule has 0 bridgehead atoms. The number of nitro groups is 1. The first-order valence-corrected chi connectivity index (χ1v) is 5.62. The van der Waals surface area contributed by atoms with Crippen LogP contribution >= 0.6 is 0 Å². The van der Waals surface area contributed by atoms with E-state index in [0.29, 0.717) is 18.9 Å². The van der Waals surface area contributed by atoms with E-state index in [9.17, 15) is 19.3 Å². The van der Waals surface area contributed by atoms with Crippen LogP contribution in [0.2, 0.25) is 0 Å². The summed E-state index contributed by atoms with van der Waals surface area (Å²) in [6, 6.07) is 1.56. The van der Waals surface area contributed by atoms with Gasteiger partial charge < -0.3 is 10.4 Å². The second kappa shape index (κ2) is 5.05. The molecule has 0 amide bonds. The standard InChI is InChI=1S/C12H11FN2O4/c13-9-6-11(15(18)19)10(5-8(9)12(16)17)14-7-3-1-2-4-7/h1-2,5-7,14H,3-4H2,(H,16,17). The summed E-state index contributed by atoms with van der Waals surface area (Å²) in [7, 11) is 0. The Morgan fingerprint density at radius 1 is 1.42 bits per heavy atom. The molecule has 0 saturated carbocycles. The van der Waals surface area contributed by atoms with Crippen molar-refractivity contribution in [2.45, 2.75) is 18.9 Å². The number of carbonyl (C=O) groups is 1. The van der Waals surface area contributed by atoms with Gasteiger partial charge in [-0.3, -0.25) is 10.1 Å². The minimum absolute atomic E-state index is 0.0255. The third kappa shape index (κ3) is 2.70. The Bertz CT molecular complexity index is 563. The molecule has 1 aliphatic rings. The van der Waals surface area contributed by atoms with Gasteiger partial charge in [0.25, 0.3) is 5.69 Å². The zero-order valence-corrected chi connectivity index (χ0v) is 9.80. The topological polar surface area (TPSA) is 92.5 Å². The van der Waals surface area contributed by atoms with Gasteiger partial charge in [0.15, 0.2) is 0 Å². The Morgan fingerprint density at radius 3 is 2.58 bits per heavy atom. The lowest BCUT2D eigenvalue weighted by Gasteiger charge is -2.14. The summed E-state index contributed by atoms with van der Waals surface area (Å²) >= 11 is 0. The van der Waals surface area contributed by atoms with E-state index < -0.39 is 28.0 Å². The first kappa shape index (κ1) is 13.0. The largest absolute Gasteiger partial charge is 0.478 e. The van der Waals surface area contributed by atoms with E-state index in [2.05, 4.69) is 5.32 Å². The minimum atomic E-state index is -1.46. The normalized spacial score (nSPS) is 14.6. The monoisotopic (exact) mass is 266 g/mol. The Kier molecular flexibility index (Phi) is 3.46. The van der Waals surface area contributed by atoms with Gasteiger partial charge in [-0.1, -0.05) is 12.2 Å². The molecule has 2 rings (SSSR count). The van der Waals surface area contributed by atoms with E-state index >= 15 is 0 Å². The highest BCUT2D eigenvalue weighted by Crippen LogP contribution is 2.30. The number of hydrogen-bond donors (Lipinski definition) is 2. The van der Waals surface area contributed by atoms with Crippen LogP contribution in [0, 0.1) is 15.9 Å². The number of anilines is 1. The van der Waals surface area contributed by atoms with Crippen molar-refractivity contribution >= 4 is 17.3 Å². The third-order valence-corrected chi connectivity index (χ3v) is 2.88. The van der Waals surface area contributed by atoms with E-state index in [4.69, 9.17) is 5.11 Å². The van der Waals surface area contributed by atoms with Gasteiger partial charge in [0, 0.05) is 6.04 Å². The highest BCUT2D eigenvalue weighted by Gasteiger charge is 2.23. The summed E-state index contributed by atoms with van der Waals surface area (Å²) in [4.78, 5) is 21.0. The number of aromatic carboxylic acids is 1. The highest BCUT2D eigenvalue weighted by molar-refractivity contribution is 5.90. The van der Waals surface area contributed by atoms with E-state index in [0.717, 1.165) is 6.07 Å². The second-order valence-electron chi connectivity index (χ2n) is 4.20. The van der Waals surface area contributed by atoms with Crippen molar-refractivity contribution in [2.24, 2.45) is 0 Å². The van der Waals surface area contributed by atoms with Crippen LogP contribution in [0.15, 0.2) is 24.3 Å². The van der Waals surface area contributed by atoms with E-state index in [1.54, 1.807) is 0 Å². The number of benzene rings is 1. The van der Waals surface area contributed by atoms with Crippen LogP contribution in [0.5, 0.6) is 0 Å². The lowest BCUT2D eigenvalue weighted by molar-refractivity contribution is -0.384. The summed E-state index contributed by atoms with van der Waals surface area (Å²) in [5.41, 5.74) is -1.02. The summed E-state index contributed by atoms with van der Waals surface area (Å²) in [5, 5.41) is 22.6. The number of hydrogen-bond acceptors (Lipinski definition) is 4. The van der Waals surface area contributed by atoms with Crippen LogP contribution in [0.4, 0.5) is 15.8 Å². The predicted octanol–water partition coefficient (Wildman–Crippen LogP) is 2.56. The summed E-state index contributed by atoms with van der Waals surface area (Å²) in [5.74, 6) is -2.57. The number of carboxylic acids is 1. The second-order valence-corrected chi connectivity index (χ2v) is 4.20. The van der Waals surface area contributed by atoms with Gasteiger partial charge in [0.05, 0.1) is 16.6 Å². The lowest BCUT2D eigenvalue weighted by atomic mass is 10.1. The molecule has 0 aliphatic heterocycles. The van der Waals surface area contributed by atoms with Crippen molar-refractivity contribution in [2.75, 3.05) is 5.32 Å². The van der Waals surface area contributed by atoms with Crippen LogP contribution in [0.25, 0.3) is 0 Å². The predicted molar refractivity (Wildman–Crippen MR) is 65.8 cm³/mol. The molecule has 0 saturated heterocycles. The maximum atomic E-state index is 13.4. The average Bonchev–Trinajstić information content (AvgIpc) is 2.83. The van der Waals surface area contributed by atoms with Gasteiger partial charge in [0.2, 0.25) is 0 Å². The van der Waals surface area contributed by atoms with Gasteiger partial charge in [0.1, 0.15) is 11.5 Å². The Labute approximate surface area is 107 Å². The van der Waals surface area contributed by atoms with E-state index in [1.807, 2.05) is 12.2 Å². The van der Waals surface area contributed by atoms with Crippen LogP contribution in [0.1, 0.15) is 23.2 Å². The quantitative estimate of drug-likeness (QED) is 0.496. The van der Waals surface area contributed by atoms with Gasteiger partial charge >= 0.3 is 5.97 Å². The molecule has 7 heteroatoms. The number of halogens is 1. The molecule has 0 atom stereocenters. The summed E-state index contributed by atoms with van der Waals surface area (Å²) in [6.07, 6.45) is 5.23. The molecule has 0 heterocycles. The zero-order valence-electron chi connectivity index (χ0n) is 9.80. The molecular formula is C12H11FN2O4. The minimum Gasteiger partial charge on any atom is -0.478 e. The molecule has 2 N–H and O–H groups in total. The molecule has 0 unspecified atom stereocenters. The van der Waals surface area contributed by atoms with Gasteiger partial charge in [-0.05, 0) is 18.9 Å². The van der Waals surface area contributed by atoms with Crippen LogP contribution in [-0.2, 0) is 0 Å². The SMILES string of the molecule is O=C(O)c1cc(NC2CC=CC2)c([N+](=O)[O-])cc1F. The van der Waals surface area contributed by atoms with E-state index in [1.165, 1.54) is 0 Å². The molecular weight excluding hydrogens is 255 g/mol. The van der Waals surface area contributed by atoms with Gasteiger partial charge in [-0.25, -0.2) is 9.18 Å². The number of rotatable bonds is 4. The molecule has 0 radical (unpaired) electrons. The first-order chi connectivity index (χ1) is 8.99. The van der Waals surface area contributed by atoms with Crippen molar-refractivity contribution in [3.05, 3.63) is 45.8 Å². The van der Waals surface area contributed by atoms with Crippen LogP contribution < -0.4 is 5.32 Å². The summed E-state index contributed by atoms with van der Waals surface area (Å²) in [6.45, 7) is 0. The molecule has 1 aromatic carbocycles. The number of nitrogens with zero attached hydrogens (tertiary/aromatic N) is 1. The van der Waals surface area contributed by atoms with Crippen LogP contribution in [-0.4, -0.2) is 22.0 Å². The Hall–Kier alpha value is -2.44. The highest BCUT2D eigenvalue weighted by atomic mass is 19.1. The van der Waals surface area contributed by atoms with Crippen molar-refractivity contribution < 1.29 is 19.2 Å². The van der Waals surface area contributed by atoms with Crippen LogP contribution in [0.3, 0.4) is 0 Å². The van der Waals surface area contributed by atoms with Gasteiger partial charge in [-0.2, -0.15) is 0 Å². The molecule has 0 spiro atoms. The van der Waals surface area contributed by atoms with Crippen molar-refractivity contribution in [3.8, 4) is 0 Å². The molecule has 100 valence electrons. The third-order valence-electron chi connectivity index (χ3n) is 2.88. The van der Waals surface area contributed by atoms with Crippen molar-refractivity contribution in [1.82, 2.24) is 0 Å². The molecule has 1 aromatic rings. The lowest BCUT2D eigenvalue weighted by Crippen LogP contribution is -2.17. The molecule has 19 heavy (non-hydrogen) atoms. The Morgan fingerprint density at radius 2 is 2.05 bits per heavy atom. The molecule has 6 nitrogen and oxygen atoms in total. The number of carboxylic acid groups (broad SMARTS) is 1. The van der Waals surface area contributed by atoms with Crippen molar-refractivity contribution in [3.63, 3.8) is 0 Å². The fourth-order valence-corrected chi connectivity index (χ4v) is 1.95. The van der Waals surface area contributed by atoms with Crippen molar-refractivity contribution in [1.29, 1.82) is 0 Å². The maximum absolute atomic E-state index is 13.4. The maximum Gasteiger partial charge on any atom is 0.338 e. The van der Waals surface area contributed by atoms with E-state index in [-0.39, 0.29) is 11.7 Å². The first-order valence-electron chi connectivity index (χ1n) is 5.62. The zero-order chi connectivity index (χ0) is 14.0. The molecule has 1 aliphatic carbocycles. The Balaban J connectivity index is 2.39. The fourth-order valence-electron chi connectivity index (χ4n) is 1.95. The fraction of sp³-hybridized carbons (Fsp3) is 0.250.